The highest BCUT2D eigenvalue weighted by molar-refractivity contribution is 7.45. The molecule has 3 unspecified atom stereocenters. The molecule has 0 saturated heterocycles. The largest absolute Gasteiger partial charge is 0.756 e. The summed E-state index contributed by atoms with van der Waals surface area (Å²) in [6, 6.07) is -0.909. The van der Waals surface area contributed by atoms with Gasteiger partial charge < -0.3 is 28.8 Å². The quantitative estimate of drug-likeness (QED) is 0.0272. The lowest BCUT2D eigenvalue weighted by atomic mass is 10.0. The number of phosphoric ester groups is 1. The molecule has 0 fully saturated rings. The van der Waals surface area contributed by atoms with Crippen LogP contribution >= 0.6 is 7.82 Å². The number of allylic oxidation sites excluding steroid dienone is 7. The van der Waals surface area contributed by atoms with Crippen LogP contribution in [-0.4, -0.2) is 68.5 Å². The van der Waals surface area contributed by atoms with Crippen molar-refractivity contribution in [2.45, 2.75) is 309 Å². The highest BCUT2D eigenvalue weighted by atomic mass is 31.2. The summed E-state index contributed by atoms with van der Waals surface area (Å²) in [6.07, 6.45) is 72.2. The predicted molar refractivity (Wildman–Crippen MR) is 311 cm³/mol. The van der Waals surface area contributed by atoms with Gasteiger partial charge in [0.05, 0.1) is 39.9 Å². The molecule has 0 aromatic carbocycles. The minimum absolute atomic E-state index is 0.00834. The van der Waals surface area contributed by atoms with Crippen molar-refractivity contribution >= 4 is 13.7 Å². The van der Waals surface area contributed by atoms with Gasteiger partial charge in [-0.25, -0.2) is 0 Å². The number of quaternary nitrogens is 1. The Kier molecular flexibility index (Phi) is 53.1. The molecule has 0 radical (unpaired) electrons. The molecule has 424 valence electrons. The maximum absolute atomic E-state index is 13.0. The molecule has 0 aromatic heterocycles. The first-order valence-electron chi connectivity index (χ1n) is 31.0. The van der Waals surface area contributed by atoms with E-state index in [1.54, 1.807) is 6.08 Å². The van der Waals surface area contributed by atoms with Gasteiger partial charge in [0.1, 0.15) is 13.2 Å². The summed E-state index contributed by atoms with van der Waals surface area (Å²) in [4.78, 5) is 25.5. The third-order valence-electron chi connectivity index (χ3n) is 14.0. The summed E-state index contributed by atoms with van der Waals surface area (Å²) in [5.74, 6) is -0.207. The number of hydrogen-bond donors (Lipinski definition) is 2. The third-order valence-corrected chi connectivity index (χ3v) is 15.0. The molecule has 9 heteroatoms. The monoisotopic (exact) mass is 1030 g/mol. The molecule has 0 rings (SSSR count). The molecule has 0 bridgehead atoms. The van der Waals surface area contributed by atoms with E-state index in [4.69, 9.17) is 9.05 Å². The molecule has 0 heterocycles. The number of rotatable bonds is 57. The van der Waals surface area contributed by atoms with E-state index in [2.05, 4.69) is 55.6 Å². The first kappa shape index (κ1) is 70.5. The lowest BCUT2D eigenvalue weighted by Gasteiger charge is -2.29. The highest BCUT2D eigenvalue weighted by Gasteiger charge is 2.23. The average Bonchev–Trinajstić information content (AvgIpc) is 3.34. The molecule has 3 atom stereocenters. The minimum Gasteiger partial charge on any atom is -0.756 e. The van der Waals surface area contributed by atoms with E-state index in [1.165, 1.54) is 231 Å². The Balaban J connectivity index is 4.06. The Hall–Kier alpha value is -1.54. The maximum Gasteiger partial charge on any atom is 0.268 e. The Morgan fingerprint density at radius 2 is 0.778 bits per heavy atom. The van der Waals surface area contributed by atoms with Crippen LogP contribution in [0.4, 0.5) is 0 Å². The van der Waals surface area contributed by atoms with Gasteiger partial charge in [-0.2, -0.15) is 0 Å². The smallest absolute Gasteiger partial charge is 0.268 e. The van der Waals surface area contributed by atoms with Gasteiger partial charge in [-0.1, -0.05) is 268 Å². The molecule has 0 aliphatic rings. The van der Waals surface area contributed by atoms with Crippen molar-refractivity contribution in [1.82, 2.24) is 5.32 Å². The highest BCUT2D eigenvalue weighted by Crippen LogP contribution is 2.38. The van der Waals surface area contributed by atoms with Gasteiger partial charge in [-0.3, -0.25) is 9.36 Å². The van der Waals surface area contributed by atoms with Crippen LogP contribution in [0.15, 0.2) is 48.6 Å². The third kappa shape index (κ3) is 56.2. The van der Waals surface area contributed by atoms with Gasteiger partial charge in [0.2, 0.25) is 5.91 Å². The number of nitrogens with one attached hydrogen (secondary N) is 1. The van der Waals surface area contributed by atoms with Crippen molar-refractivity contribution in [3.8, 4) is 0 Å². The SMILES string of the molecule is CCCCCCCCC/C=C/CC/C=C/CC/C=C/C(O)C(COP(=O)([O-])OCC[N+](C)(C)C)NC(=O)CCCCCCCCCCCCCCCCCCCCCCC/C=C\CCCCCCCCCC. The van der Waals surface area contributed by atoms with E-state index in [9.17, 15) is 19.4 Å². The molecule has 0 aromatic rings. The molecule has 2 N–H and O–H groups in total. The van der Waals surface area contributed by atoms with Gasteiger partial charge in [-0.05, 0) is 70.6 Å². The number of aliphatic hydroxyl groups excluding tert-OH is 1. The van der Waals surface area contributed by atoms with Crippen LogP contribution in [0.25, 0.3) is 0 Å². The van der Waals surface area contributed by atoms with E-state index in [0.29, 0.717) is 17.4 Å². The normalized spacial score (nSPS) is 14.2. The van der Waals surface area contributed by atoms with E-state index in [0.717, 1.165) is 44.9 Å². The molecule has 0 aliphatic carbocycles. The number of amides is 1. The van der Waals surface area contributed by atoms with Gasteiger partial charge in [0, 0.05) is 6.42 Å². The van der Waals surface area contributed by atoms with Crippen molar-refractivity contribution in [1.29, 1.82) is 0 Å². The Labute approximate surface area is 448 Å². The van der Waals surface area contributed by atoms with Gasteiger partial charge in [0.25, 0.3) is 7.82 Å². The Morgan fingerprint density at radius 1 is 0.472 bits per heavy atom. The Morgan fingerprint density at radius 3 is 1.12 bits per heavy atom. The van der Waals surface area contributed by atoms with Crippen molar-refractivity contribution in [3.63, 3.8) is 0 Å². The lowest BCUT2D eigenvalue weighted by Crippen LogP contribution is -2.45. The second-order valence-electron chi connectivity index (χ2n) is 22.4. The van der Waals surface area contributed by atoms with Crippen LogP contribution in [-0.2, 0) is 18.4 Å². The Bertz CT molecular complexity index is 1310. The number of likely N-dealkylation sites (N-methyl/N-ethyl adjacent to an activating group) is 1. The minimum atomic E-state index is -4.61. The average molecular weight is 1030 g/mol. The summed E-state index contributed by atoms with van der Waals surface area (Å²) in [5, 5.41) is 13.9. The van der Waals surface area contributed by atoms with Crippen LogP contribution in [0.1, 0.15) is 296 Å². The second-order valence-corrected chi connectivity index (χ2v) is 23.8. The molecule has 1 amide bonds. The van der Waals surface area contributed by atoms with Gasteiger partial charge in [0.15, 0.2) is 0 Å². The maximum atomic E-state index is 13.0. The molecular weight excluding hydrogens is 912 g/mol. The van der Waals surface area contributed by atoms with Gasteiger partial charge >= 0.3 is 0 Å². The standard InChI is InChI=1S/C63H121N2O6P/c1-6-8-10-12-14-16-18-20-22-24-25-26-27-28-29-30-31-32-33-34-35-36-37-38-39-41-43-45-47-49-51-53-55-57-63(67)64-61(60-71-72(68,69)70-59-58-65(3,4)5)62(66)56-54-52-50-48-46-44-42-40-23-21-19-17-15-13-11-9-7-2/h23-25,40,46,48,54,56,61-62,66H,6-22,26-39,41-45,47,49-53,55,57-60H2,1-5H3,(H-,64,67,68,69)/b25-24-,40-23+,48-46+,56-54+. The summed E-state index contributed by atoms with van der Waals surface area (Å²) < 4.78 is 23.3. The summed E-state index contributed by atoms with van der Waals surface area (Å²) in [7, 11) is 1.24. The van der Waals surface area contributed by atoms with Crippen molar-refractivity contribution in [2.75, 3.05) is 40.9 Å². The van der Waals surface area contributed by atoms with Crippen molar-refractivity contribution in [3.05, 3.63) is 48.6 Å². The van der Waals surface area contributed by atoms with Gasteiger partial charge in [-0.15, -0.1) is 0 Å². The number of nitrogens with zero attached hydrogens (tertiary/aromatic N) is 1. The van der Waals surface area contributed by atoms with E-state index in [1.807, 2.05) is 27.2 Å². The van der Waals surface area contributed by atoms with Crippen LogP contribution in [0.3, 0.4) is 0 Å². The summed E-state index contributed by atoms with van der Waals surface area (Å²) >= 11 is 0. The summed E-state index contributed by atoms with van der Waals surface area (Å²) in [6.45, 7) is 4.64. The zero-order valence-corrected chi connectivity index (χ0v) is 49.3. The van der Waals surface area contributed by atoms with Crippen molar-refractivity contribution in [2.24, 2.45) is 0 Å². The number of carbonyl (C=O) groups excluding carboxylic acids is 1. The predicted octanol–water partition coefficient (Wildman–Crippen LogP) is 18.5. The number of carbonyl (C=O) groups is 1. The number of unbranched alkanes of at least 4 members (excludes halogenated alkanes) is 38. The first-order valence-corrected chi connectivity index (χ1v) is 32.5. The molecular formula is C63H121N2O6P. The van der Waals surface area contributed by atoms with E-state index in [-0.39, 0.29) is 12.5 Å². The number of aliphatic hydroxyl groups is 1. The fourth-order valence-electron chi connectivity index (χ4n) is 9.12. The van der Waals surface area contributed by atoms with E-state index >= 15 is 0 Å². The number of hydrogen-bond acceptors (Lipinski definition) is 6. The second kappa shape index (κ2) is 54.3. The zero-order valence-electron chi connectivity index (χ0n) is 48.4. The van der Waals surface area contributed by atoms with Crippen molar-refractivity contribution < 1.29 is 32.9 Å². The fourth-order valence-corrected chi connectivity index (χ4v) is 9.85. The van der Waals surface area contributed by atoms with Crippen LogP contribution < -0.4 is 10.2 Å². The molecule has 0 spiro atoms. The zero-order chi connectivity index (χ0) is 52.7. The first-order chi connectivity index (χ1) is 35.0. The molecule has 8 nitrogen and oxygen atoms in total. The topological polar surface area (TPSA) is 108 Å². The number of phosphoric acid groups is 1. The van der Waals surface area contributed by atoms with E-state index < -0.39 is 26.6 Å². The fraction of sp³-hybridized carbons (Fsp3) is 0.857. The molecule has 0 saturated carbocycles. The molecule has 72 heavy (non-hydrogen) atoms. The lowest BCUT2D eigenvalue weighted by molar-refractivity contribution is -0.870. The van der Waals surface area contributed by atoms with Crippen LogP contribution in [0, 0.1) is 0 Å². The van der Waals surface area contributed by atoms with Crippen LogP contribution in [0.2, 0.25) is 0 Å². The molecule has 0 aliphatic heterocycles. The summed E-state index contributed by atoms with van der Waals surface area (Å²) in [5.41, 5.74) is 0. The van der Waals surface area contributed by atoms with Crippen LogP contribution in [0.5, 0.6) is 0 Å².